The van der Waals surface area contributed by atoms with Gasteiger partial charge in [0, 0.05) is 0 Å². The Kier molecular flexibility index (Phi) is 6.92. The monoisotopic (exact) mass is 238 g/mol. The van der Waals surface area contributed by atoms with Crippen molar-refractivity contribution in [2.45, 2.75) is 50.0 Å². The van der Waals surface area contributed by atoms with Crippen molar-refractivity contribution < 1.29 is 0 Å². The summed E-state index contributed by atoms with van der Waals surface area (Å²) in [6.07, 6.45) is 16.0. The van der Waals surface area contributed by atoms with Crippen molar-refractivity contribution in [1.82, 2.24) is 0 Å². The van der Waals surface area contributed by atoms with Crippen molar-refractivity contribution in [1.29, 1.82) is 0 Å². The van der Waals surface area contributed by atoms with Crippen molar-refractivity contribution in [3.05, 3.63) is 0 Å². The number of unbranched alkanes of at least 4 members (excludes halogenated alkanes) is 2. The van der Waals surface area contributed by atoms with Gasteiger partial charge in [-0.3, -0.25) is 0 Å². The van der Waals surface area contributed by atoms with Crippen LogP contribution in [0.4, 0.5) is 0 Å². The third kappa shape index (κ3) is 4.44. The molecule has 0 nitrogen and oxygen atoms in total. The summed E-state index contributed by atoms with van der Waals surface area (Å²) in [5.41, 5.74) is 0. The van der Waals surface area contributed by atoms with Gasteiger partial charge in [-0.2, -0.15) is 0 Å². The van der Waals surface area contributed by atoms with Gasteiger partial charge in [-0.1, -0.05) is 0 Å². The van der Waals surface area contributed by atoms with Crippen molar-refractivity contribution in [2.75, 3.05) is 0 Å². The molecule has 0 radical (unpaired) electrons. The standard InChI is InChI=1S/C12H20Ge/c1-5-9-11-13(7-3,8-4)12-10-6-2/h3-4H,5-6,9-12H2,1-2H3. The van der Waals surface area contributed by atoms with E-state index in [0.29, 0.717) is 0 Å². The Labute approximate surface area is 85.9 Å². The van der Waals surface area contributed by atoms with Crippen LogP contribution in [-0.2, 0) is 0 Å². The molecule has 0 heterocycles. The molecule has 0 aromatic carbocycles. The topological polar surface area (TPSA) is 0 Å². The van der Waals surface area contributed by atoms with E-state index >= 15 is 0 Å². The molecule has 0 bridgehead atoms. The number of hydrogen-bond acceptors (Lipinski definition) is 0. The zero-order chi connectivity index (χ0) is 10.2. The minimum absolute atomic E-state index is 1.17. The van der Waals surface area contributed by atoms with E-state index < -0.39 is 13.3 Å². The van der Waals surface area contributed by atoms with Gasteiger partial charge in [0.2, 0.25) is 0 Å². The second-order valence-electron chi connectivity index (χ2n) is 3.58. The quantitative estimate of drug-likeness (QED) is 0.490. The Morgan fingerprint density at radius 1 is 0.923 bits per heavy atom. The van der Waals surface area contributed by atoms with Crippen LogP contribution in [0.25, 0.3) is 0 Å². The molecule has 13 heavy (non-hydrogen) atoms. The van der Waals surface area contributed by atoms with E-state index in [2.05, 4.69) is 23.4 Å². The predicted molar refractivity (Wildman–Crippen MR) is 62.9 cm³/mol. The molecule has 0 amide bonds. The van der Waals surface area contributed by atoms with E-state index in [0.717, 1.165) is 0 Å². The van der Waals surface area contributed by atoms with E-state index in [4.69, 9.17) is 12.8 Å². The Hall–Kier alpha value is -0.337. The summed E-state index contributed by atoms with van der Waals surface area (Å²) in [4.78, 5) is 0. The van der Waals surface area contributed by atoms with E-state index in [1.807, 2.05) is 0 Å². The van der Waals surface area contributed by atoms with Crippen LogP contribution in [0.3, 0.4) is 0 Å². The summed E-state index contributed by atoms with van der Waals surface area (Å²) in [7, 11) is 0. The molecule has 0 aromatic rings. The first-order valence-electron chi connectivity index (χ1n) is 5.20. The summed E-state index contributed by atoms with van der Waals surface area (Å²) < 4.78 is 5.97. The van der Waals surface area contributed by atoms with Gasteiger partial charge in [-0.05, 0) is 0 Å². The van der Waals surface area contributed by atoms with Gasteiger partial charge < -0.3 is 0 Å². The van der Waals surface area contributed by atoms with E-state index in [-0.39, 0.29) is 0 Å². The SMILES string of the molecule is C#[C][Ge]([C]#C)([CH2]CCC)[CH2]CCC. The van der Waals surface area contributed by atoms with Gasteiger partial charge >= 0.3 is 85.7 Å². The molecule has 0 aliphatic heterocycles. The first kappa shape index (κ1) is 12.7. The molecule has 0 saturated carbocycles. The van der Waals surface area contributed by atoms with Crippen LogP contribution in [0, 0.1) is 22.4 Å². The van der Waals surface area contributed by atoms with Crippen LogP contribution in [0.5, 0.6) is 0 Å². The molecule has 72 valence electrons. The predicted octanol–water partition coefficient (Wildman–Crippen LogP) is 3.38. The molecule has 0 atom stereocenters. The molecule has 0 spiro atoms. The third-order valence-corrected chi connectivity index (χ3v) is 9.85. The van der Waals surface area contributed by atoms with Gasteiger partial charge in [0.1, 0.15) is 0 Å². The summed E-state index contributed by atoms with van der Waals surface area (Å²) in [5.74, 6) is 0. The van der Waals surface area contributed by atoms with Gasteiger partial charge in [0.25, 0.3) is 0 Å². The van der Waals surface area contributed by atoms with Crippen LogP contribution in [0.1, 0.15) is 39.5 Å². The molecule has 0 aromatic heterocycles. The molecular formula is C12H20Ge. The second kappa shape index (κ2) is 7.10. The maximum atomic E-state index is 5.59. The molecule has 0 aliphatic rings. The average molecular weight is 237 g/mol. The van der Waals surface area contributed by atoms with Crippen LogP contribution in [0.2, 0.25) is 10.5 Å². The fourth-order valence-electron chi connectivity index (χ4n) is 1.41. The number of rotatable bonds is 6. The zero-order valence-electron chi connectivity index (χ0n) is 8.90. The van der Waals surface area contributed by atoms with Crippen molar-refractivity contribution in [3.8, 4) is 22.4 Å². The maximum absolute atomic E-state index is 5.59. The molecule has 1 heteroatoms. The third-order valence-electron chi connectivity index (χ3n) is 2.47. The molecular weight excluding hydrogens is 217 g/mol. The first-order chi connectivity index (χ1) is 6.24. The van der Waals surface area contributed by atoms with Crippen LogP contribution < -0.4 is 0 Å². The molecule has 0 fully saturated rings. The Balaban J connectivity index is 4.18. The molecule has 0 unspecified atom stereocenters. The van der Waals surface area contributed by atoms with Crippen LogP contribution >= 0.6 is 0 Å². The normalized spacial score (nSPS) is 10.5. The molecule has 0 rings (SSSR count). The fraction of sp³-hybridized carbons (Fsp3) is 0.667. The van der Waals surface area contributed by atoms with Crippen molar-refractivity contribution in [3.63, 3.8) is 0 Å². The number of hydrogen-bond donors (Lipinski definition) is 0. The van der Waals surface area contributed by atoms with Gasteiger partial charge in [-0.15, -0.1) is 0 Å². The minimum atomic E-state index is -2.24. The Morgan fingerprint density at radius 3 is 1.54 bits per heavy atom. The summed E-state index contributed by atoms with van der Waals surface area (Å²) in [6, 6.07) is 0. The Morgan fingerprint density at radius 2 is 1.31 bits per heavy atom. The molecule has 0 N–H and O–H groups in total. The van der Waals surface area contributed by atoms with Gasteiger partial charge in [0.15, 0.2) is 0 Å². The second-order valence-corrected chi connectivity index (χ2v) is 11.4. The van der Waals surface area contributed by atoms with Gasteiger partial charge in [0.05, 0.1) is 0 Å². The van der Waals surface area contributed by atoms with Crippen molar-refractivity contribution >= 4 is 13.3 Å². The number of terminal acetylenes is 2. The summed E-state index contributed by atoms with van der Waals surface area (Å²) in [6.45, 7) is 4.39. The summed E-state index contributed by atoms with van der Waals surface area (Å²) >= 11 is -2.24. The van der Waals surface area contributed by atoms with Crippen LogP contribution in [-0.4, -0.2) is 13.3 Å². The van der Waals surface area contributed by atoms with Crippen molar-refractivity contribution in [2.24, 2.45) is 0 Å². The van der Waals surface area contributed by atoms with E-state index in [9.17, 15) is 0 Å². The molecule has 0 aliphatic carbocycles. The van der Waals surface area contributed by atoms with Gasteiger partial charge in [-0.25, -0.2) is 0 Å². The van der Waals surface area contributed by atoms with E-state index in [1.165, 1.54) is 36.2 Å². The summed E-state index contributed by atoms with van der Waals surface area (Å²) in [5, 5.41) is 2.34. The molecule has 0 saturated heterocycles. The first-order valence-corrected chi connectivity index (χ1v) is 10.3. The fourth-order valence-corrected chi connectivity index (χ4v) is 7.34. The Bertz CT molecular complexity index is 180. The zero-order valence-corrected chi connectivity index (χ0v) is 11.0. The average Bonchev–Trinajstić information content (AvgIpc) is 2.20. The van der Waals surface area contributed by atoms with E-state index in [1.54, 1.807) is 0 Å². The van der Waals surface area contributed by atoms with Crippen LogP contribution in [0.15, 0.2) is 0 Å².